The standard InChI is InChI=1S/C15H18ClF3N2O/c1-10-9-21(14(22)7-16)11(2)8-20(10)13-5-3-12(4-6-13)15(17,18)19/h3-6,10-11H,7-9H2,1-2H3. The van der Waals surface area contributed by atoms with Gasteiger partial charge in [0.1, 0.15) is 5.88 Å². The van der Waals surface area contributed by atoms with E-state index in [2.05, 4.69) is 0 Å². The van der Waals surface area contributed by atoms with Crippen LogP contribution in [0.2, 0.25) is 0 Å². The minimum Gasteiger partial charge on any atom is -0.365 e. The molecule has 0 saturated carbocycles. The van der Waals surface area contributed by atoms with E-state index >= 15 is 0 Å². The van der Waals surface area contributed by atoms with Crippen molar-refractivity contribution in [3.8, 4) is 0 Å². The number of alkyl halides is 4. The first-order chi connectivity index (χ1) is 10.2. The Morgan fingerprint density at radius 2 is 1.77 bits per heavy atom. The number of carbonyl (C=O) groups is 1. The van der Waals surface area contributed by atoms with Crippen LogP contribution in [0, 0.1) is 0 Å². The molecule has 0 radical (unpaired) electrons. The topological polar surface area (TPSA) is 23.6 Å². The molecule has 0 aliphatic carbocycles. The number of piperazine rings is 1. The van der Waals surface area contributed by atoms with Crippen molar-refractivity contribution in [3.63, 3.8) is 0 Å². The lowest BCUT2D eigenvalue weighted by Gasteiger charge is -2.45. The minimum atomic E-state index is -4.33. The van der Waals surface area contributed by atoms with Crippen molar-refractivity contribution in [1.29, 1.82) is 0 Å². The Kier molecular flexibility index (Phi) is 4.90. The van der Waals surface area contributed by atoms with Gasteiger partial charge in [0, 0.05) is 30.9 Å². The van der Waals surface area contributed by atoms with E-state index in [4.69, 9.17) is 11.6 Å². The molecule has 0 N–H and O–H groups in total. The van der Waals surface area contributed by atoms with Crippen molar-refractivity contribution in [1.82, 2.24) is 4.90 Å². The SMILES string of the molecule is CC1CN(c2ccc(C(F)(F)F)cc2)C(C)CN1C(=O)CCl. The molecule has 1 aliphatic rings. The lowest BCUT2D eigenvalue weighted by Crippen LogP contribution is -2.58. The van der Waals surface area contributed by atoms with Gasteiger partial charge in [0.15, 0.2) is 0 Å². The molecule has 1 aromatic carbocycles. The average molecular weight is 335 g/mol. The molecule has 22 heavy (non-hydrogen) atoms. The Morgan fingerprint density at radius 3 is 2.27 bits per heavy atom. The first-order valence-electron chi connectivity index (χ1n) is 7.03. The maximum absolute atomic E-state index is 12.6. The van der Waals surface area contributed by atoms with Crippen LogP contribution in [-0.2, 0) is 11.0 Å². The number of anilines is 1. The van der Waals surface area contributed by atoms with E-state index in [9.17, 15) is 18.0 Å². The smallest absolute Gasteiger partial charge is 0.365 e. The third-order valence-corrected chi connectivity index (χ3v) is 4.18. The summed E-state index contributed by atoms with van der Waals surface area (Å²) in [6.07, 6.45) is -4.33. The van der Waals surface area contributed by atoms with Crippen LogP contribution in [0.5, 0.6) is 0 Å². The number of amides is 1. The third-order valence-electron chi connectivity index (χ3n) is 3.95. The Hall–Kier alpha value is -1.43. The fourth-order valence-corrected chi connectivity index (χ4v) is 2.91. The van der Waals surface area contributed by atoms with Gasteiger partial charge in [-0.05, 0) is 38.1 Å². The molecule has 2 atom stereocenters. The molecule has 1 heterocycles. The number of halogens is 4. The highest BCUT2D eigenvalue weighted by Crippen LogP contribution is 2.31. The molecular formula is C15H18ClF3N2O. The number of rotatable bonds is 2. The number of hydrogen-bond acceptors (Lipinski definition) is 2. The van der Waals surface area contributed by atoms with Crippen molar-refractivity contribution < 1.29 is 18.0 Å². The molecule has 7 heteroatoms. The van der Waals surface area contributed by atoms with Gasteiger partial charge in [0.05, 0.1) is 5.56 Å². The predicted molar refractivity (Wildman–Crippen MR) is 80.1 cm³/mol. The molecule has 1 saturated heterocycles. The fraction of sp³-hybridized carbons (Fsp3) is 0.533. The number of hydrogen-bond donors (Lipinski definition) is 0. The Balaban J connectivity index is 2.15. The van der Waals surface area contributed by atoms with E-state index < -0.39 is 11.7 Å². The lowest BCUT2D eigenvalue weighted by molar-refractivity contribution is -0.137. The summed E-state index contributed by atoms with van der Waals surface area (Å²) in [5.41, 5.74) is 0.0678. The highest BCUT2D eigenvalue weighted by Gasteiger charge is 2.33. The second-order valence-corrected chi connectivity index (χ2v) is 5.84. The second kappa shape index (κ2) is 6.36. The molecule has 0 aromatic heterocycles. The first kappa shape index (κ1) is 16.9. The maximum Gasteiger partial charge on any atom is 0.416 e. The van der Waals surface area contributed by atoms with E-state index in [1.165, 1.54) is 12.1 Å². The van der Waals surface area contributed by atoms with E-state index in [1.807, 2.05) is 18.7 Å². The van der Waals surface area contributed by atoms with Crippen LogP contribution < -0.4 is 4.90 Å². The molecule has 1 fully saturated rings. The molecule has 0 spiro atoms. The zero-order valence-corrected chi connectivity index (χ0v) is 13.2. The van der Waals surface area contributed by atoms with E-state index in [-0.39, 0.29) is 23.9 Å². The van der Waals surface area contributed by atoms with E-state index in [0.717, 1.165) is 17.8 Å². The van der Waals surface area contributed by atoms with Crippen LogP contribution in [0.3, 0.4) is 0 Å². The molecule has 122 valence electrons. The Labute approximate surface area is 132 Å². The summed E-state index contributed by atoms with van der Waals surface area (Å²) in [5.74, 6) is -0.176. The van der Waals surface area contributed by atoms with Gasteiger partial charge in [-0.2, -0.15) is 13.2 Å². The molecule has 1 aliphatic heterocycles. The zero-order valence-electron chi connectivity index (χ0n) is 12.4. The van der Waals surface area contributed by atoms with Crippen molar-refractivity contribution >= 4 is 23.2 Å². The summed E-state index contributed by atoms with van der Waals surface area (Å²) < 4.78 is 37.8. The minimum absolute atomic E-state index is 0.0140. The van der Waals surface area contributed by atoms with Crippen LogP contribution in [0.25, 0.3) is 0 Å². The molecule has 3 nitrogen and oxygen atoms in total. The normalized spacial score (nSPS) is 22.8. The monoisotopic (exact) mass is 334 g/mol. The molecule has 2 rings (SSSR count). The Morgan fingerprint density at radius 1 is 1.18 bits per heavy atom. The van der Waals surface area contributed by atoms with Gasteiger partial charge in [-0.15, -0.1) is 11.6 Å². The average Bonchev–Trinajstić information content (AvgIpc) is 2.47. The van der Waals surface area contributed by atoms with Crippen LogP contribution in [-0.4, -0.2) is 41.9 Å². The summed E-state index contributed by atoms with van der Waals surface area (Å²) in [6, 6.07) is 5.10. The molecule has 0 bridgehead atoms. The predicted octanol–water partition coefficient (Wildman–Crippen LogP) is 3.37. The first-order valence-corrected chi connectivity index (χ1v) is 7.57. The zero-order chi connectivity index (χ0) is 16.5. The molecular weight excluding hydrogens is 317 g/mol. The maximum atomic E-state index is 12.6. The quantitative estimate of drug-likeness (QED) is 0.774. The van der Waals surface area contributed by atoms with Gasteiger partial charge in [-0.1, -0.05) is 0 Å². The summed E-state index contributed by atoms with van der Waals surface area (Å²) in [5, 5.41) is 0. The van der Waals surface area contributed by atoms with Crippen LogP contribution in [0.4, 0.5) is 18.9 Å². The second-order valence-electron chi connectivity index (χ2n) is 5.57. The number of carbonyl (C=O) groups excluding carboxylic acids is 1. The summed E-state index contributed by atoms with van der Waals surface area (Å²) in [4.78, 5) is 15.5. The molecule has 2 unspecified atom stereocenters. The van der Waals surface area contributed by atoms with Crippen molar-refractivity contribution in [2.75, 3.05) is 23.9 Å². The van der Waals surface area contributed by atoms with Gasteiger partial charge in [-0.3, -0.25) is 4.79 Å². The molecule has 1 amide bonds. The summed E-state index contributed by atoms with van der Waals surface area (Å²) >= 11 is 5.60. The van der Waals surface area contributed by atoms with E-state index in [1.54, 1.807) is 4.90 Å². The van der Waals surface area contributed by atoms with Crippen LogP contribution >= 0.6 is 11.6 Å². The van der Waals surface area contributed by atoms with Gasteiger partial charge < -0.3 is 9.80 Å². The highest BCUT2D eigenvalue weighted by atomic mass is 35.5. The largest absolute Gasteiger partial charge is 0.416 e. The summed E-state index contributed by atoms with van der Waals surface area (Å²) in [6.45, 7) is 4.92. The van der Waals surface area contributed by atoms with Gasteiger partial charge >= 0.3 is 6.18 Å². The van der Waals surface area contributed by atoms with Crippen LogP contribution in [0.1, 0.15) is 19.4 Å². The van der Waals surface area contributed by atoms with Crippen molar-refractivity contribution in [3.05, 3.63) is 29.8 Å². The molecule has 1 aromatic rings. The van der Waals surface area contributed by atoms with E-state index in [0.29, 0.717) is 13.1 Å². The van der Waals surface area contributed by atoms with Gasteiger partial charge in [-0.25, -0.2) is 0 Å². The number of benzene rings is 1. The lowest BCUT2D eigenvalue weighted by atomic mass is 10.1. The number of nitrogens with zero attached hydrogens (tertiary/aromatic N) is 2. The van der Waals surface area contributed by atoms with Crippen molar-refractivity contribution in [2.45, 2.75) is 32.1 Å². The van der Waals surface area contributed by atoms with Crippen molar-refractivity contribution in [2.24, 2.45) is 0 Å². The Bertz CT molecular complexity index is 533. The van der Waals surface area contributed by atoms with Gasteiger partial charge in [0.25, 0.3) is 0 Å². The van der Waals surface area contributed by atoms with Crippen LogP contribution in [0.15, 0.2) is 24.3 Å². The highest BCUT2D eigenvalue weighted by molar-refractivity contribution is 6.27. The third kappa shape index (κ3) is 3.48. The fourth-order valence-electron chi connectivity index (χ4n) is 2.75. The summed E-state index contributed by atoms with van der Waals surface area (Å²) in [7, 11) is 0. The van der Waals surface area contributed by atoms with Gasteiger partial charge in [0.2, 0.25) is 5.91 Å².